The van der Waals surface area contributed by atoms with E-state index in [4.69, 9.17) is 4.42 Å². The fourth-order valence-electron chi connectivity index (χ4n) is 8.17. The lowest BCUT2D eigenvalue weighted by molar-refractivity contribution is 0.669. The van der Waals surface area contributed by atoms with Crippen molar-refractivity contribution >= 4 is 81.3 Å². The molecule has 0 spiro atoms. The van der Waals surface area contributed by atoms with Gasteiger partial charge in [0.25, 0.3) is 0 Å². The highest BCUT2D eigenvalue weighted by molar-refractivity contribution is 7.26. The first-order valence-corrected chi connectivity index (χ1v) is 19.5. The maximum Gasteiger partial charge on any atom is 0.136 e. The number of para-hydroxylation sites is 1. The number of thiophene rings is 1. The fourth-order valence-corrected chi connectivity index (χ4v) is 9.39. The van der Waals surface area contributed by atoms with Crippen molar-refractivity contribution in [2.24, 2.45) is 0 Å². The molecule has 3 heteroatoms. The van der Waals surface area contributed by atoms with Gasteiger partial charge in [0, 0.05) is 48.0 Å². The summed E-state index contributed by atoms with van der Waals surface area (Å²) in [6.45, 7) is 0. The molecule has 11 aromatic rings. The number of rotatable bonds is 6. The summed E-state index contributed by atoms with van der Waals surface area (Å²) >= 11 is 1.89. The smallest absolute Gasteiger partial charge is 0.136 e. The van der Waals surface area contributed by atoms with Crippen LogP contribution in [0.15, 0.2) is 205 Å². The number of furan rings is 1. The minimum Gasteiger partial charge on any atom is -0.456 e. The van der Waals surface area contributed by atoms with Crippen LogP contribution in [0, 0.1) is 0 Å². The van der Waals surface area contributed by atoms with Gasteiger partial charge in [-0.25, -0.2) is 0 Å². The van der Waals surface area contributed by atoms with E-state index in [1.807, 2.05) is 23.5 Å². The third-order valence-corrected chi connectivity index (χ3v) is 12.1. The Hall–Kier alpha value is -6.94. The molecule has 0 N–H and O–H groups in total. The van der Waals surface area contributed by atoms with E-state index in [9.17, 15) is 0 Å². The van der Waals surface area contributed by atoms with Gasteiger partial charge in [0.1, 0.15) is 11.2 Å². The molecular formula is C52H33NOS. The van der Waals surface area contributed by atoms with Gasteiger partial charge in [0.05, 0.1) is 0 Å². The summed E-state index contributed by atoms with van der Waals surface area (Å²) in [5.74, 6) is 0. The Balaban J connectivity index is 0.984. The molecule has 0 saturated carbocycles. The molecule has 0 aliphatic rings. The molecule has 55 heavy (non-hydrogen) atoms. The Morgan fingerprint density at radius 3 is 1.69 bits per heavy atom. The van der Waals surface area contributed by atoms with Crippen LogP contribution in [0.1, 0.15) is 0 Å². The summed E-state index contributed by atoms with van der Waals surface area (Å²) < 4.78 is 8.89. The molecule has 258 valence electrons. The molecule has 0 amide bonds. The van der Waals surface area contributed by atoms with Crippen LogP contribution >= 0.6 is 11.3 Å². The summed E-state index contributed by atoms with van der Waals surface area (Å²) in [5.41, 5.74) is 12.2. The minimum atomic E-state index is 0.905. The van der Waals surface area contributed by atoms with E-state index in [-0.39, 0.29) is 0 Å². The lowest BCUT2D eigenvalue weighted by Crippen LogP contribution is -2.09. The van der Waals surface area contributed by atoms with Crippen LogP contribution in [-0.2, 0) is 0 Å². The number of nitrogens with zero attached hydrogens (tertiary/aromatic N) is 1. The molecule has 2 nitrogen and oxygen atoms in total. The fraction of sp³-hybridized carbons (Fsp3) is 0. The van der Waals surface area contributed by atoms with Crippen LogP contribution in [0.3, 0.4) is 0 Å². The van der Waals surface area contributed by atoms with E-state index >= 15 is 0 Å². The first-order valence-electron chi connectivity index (χ1n) is 18.7. The second-order valence-electron chi connectivity index (χ2n) is 14.1. The molecule has 2 heterocycles. The topological polar surface area (TPSA) is 16.4 Å². The van der Waals surface area contributed by atoms with Crippen LogP contribution in [0.4, 0.5) is 17.1 Å². The van der Waals surface area contributed by atoms with E-state index < -0.39 is 0 Å². The van der Waals surface area contributed by atoms with Crippen molar-refractivity contribution in [2.45, 2.75) is 0 Å². The van der Waals surface area contributed by atoms with Crippen molar-refractivity contribution in [3.63, 3.8) is 0 Å². The van der Waals surface area contributed by atoms with Gasteiger partial charge in [-0.05, 0) is 105 Å². The van der Waals surface area contributed by atoms with Crippen LogP contribution in [0.25, 0.3) is 86.3 Å². The molecule has 0 unspecified atom stereocenters. The number of fused-ring (bicyclic) bond motifs is 8. The van der Waals surface area contributed by atoms with Crippen molar-refractivity contribution in [1.29, 1.82) is 0 Å². The molecule has 11 rings (SSSR count). The zero-order valence-corrected chi connectivity index (χ0v) is 30.6. The maximum atomic E-state index is 6.22. The van der Waals surface area contributed by atoms with Crippen LogP contribution in [0.2, 0.25) is 0 Å². The molecule has 0 saturated heterocycles. The minimum absolute atomic E-state index is 0.905. The third-order valence-electron chi connectivity index (χ3n) is 10.9. The second kappa shape index (κ2) is 12.9. The highest BCUT2D eigenvalue weighted by Gasteiger charge is 2.17. The Labute approximate surface area is 322 Å². The second-order valence-corrected chi connectivity index (χ2v) is 15.1. The normalized spacial score (nSPS) is 11.6. The van der Waals surface area contributed by atoms with Crippen molar-refractivity contribution in [3.8, 4) is 33.4 Å². The number of hydrogen-bond donors (Lipinski definition) is 0. The number of anilines is 3. The summed E-state index contributed by atoms with van der Waals surface area (Å²) in [6, 6.07) is 72.1. The Morgan fingerprint density at radius 1 is 0.364 bits per heavy atom. The number of hydrogen-bond acceptors (Lipinski definition) is 3. The van der Waals surface area contributed by atoms with Crippen LogP contribution in [-0.4, -0.2) is 0 Å². The van der Waals surface area contributed by atoms with Gasteiger partial charge >= 0.3 is 0 Å². The molecule has 0 aliphatic heterocycles. The quantitative estimate of drug-likeness (QED) is 0.170. The van der Waals surface area contributed by atoms with E-state index in [0.717, 1.165) is 44.6 Å². The van der Waals surface area contributed by atoms with Gasteiger partial charge in [0.2, 0.25) is 0 Å². The zero-order chi connectivity index (χ0) is 36.3. The molecule has 0 aliphatic carbocycles. The average molecular weight is 720 g/mol. The van der Waals surface area contributed by atoms with Gasteiger partial charge in [-0.1, -0.05) is 140 Å². The van der Waals surface area contributed by atoms with Crippen molar-refractivity contribution in [2.75, 3.05) is 4.90 Å². The molecule has 9 aromatic carbocycles. The first-order chi connectivity index (χ1) is 27.2. The van der Waals surface area contributed by atoms with E-state index in [1.165, 1.54) is 58.8 Å². The highest BCUT2D eigenvalue weighted by Crippen LogP contribution is 2.42. The maximum absolute atomic E-state index is 6.22. The average Bonchev–Trinajstić information content (AvgIpc) is 3.83. The molecule has 0 radical (unpaired) electrons. The van der Waals surface area contributed by atoms with Crippen molar-refractivity contribution < 1.29 is 4.42 Å². The van der Waals surface area contributed by atoms with Crippen LogP contribution < -0.4 is 4.90 Å². The predicted octanol–water partition coefficient (Wildman–Crippen LogP) is 15.6. The molecule has 0 atom stereocenters. The Bertz CT molecular complexity index is 3170. The van der Waals surface area contributed by atoms with Gasteiger partial charge in [-0.3, -0.25) is 0 Å². The molecule has 0 fully saturated rings. The SMILES string of the molecule is c1ccc(-c2ccc(N(c3ccc(-c4ccc5sc6c7ccccc7ccc6c5c4)cc3)c3ccc(-c4cccc5oc6ccccc6c45)cc3)cc2)cc1. The molecule has 2 aromatic heterocycles. The summed E-state index contributed by atoms with van der Waals surface area (Å²) in [7, 11) is 0. The summed E-state index contributed by atoms with van der Waals surface area (Å²) in [4.78, 5) is 2.34. The van der Waals surface area contributed by atoms with Crippen molar-refractivity contribution in [3.05, 3.63) is 200 Å². The molecule has 0 bridgehead atoms. The predicted molar refractivity (Wildman–Crippen MR) is 235 cm³/mol. The Morgan fingerprint density at radius 2 is 0.945 bits per heavy atom. The van der Waals surface area contributed by atoms with Crippen LogP contribution in [0.5, 0.6) is 0 Å². The highest BCUT2D eigenvalue weighted by atomic mass is 32.1. The third kappa shape index (κ3) is 5.40. The largest absolute Gasteiger partial charge is 0.456 e. The lowest BCUT2D eigenvalue weighted by atomic mass is 9.98. The van der Waals surface area contributed by atoms with Gasteiger partial charge < -0.3 is 9.32 Å². The standard InChI is InChI=1S/C52H33NOS/c1-2-9-34(10-3-1)35-17-25-40(26-18-35)53(42-29-21-38(22-30-42)43-14-8-16-49-51(43)46-13-6-7-15-48(46)54-49)41-27-19-36(20-28-41)39-24-32-50-47(33-39)45-31-23-37-11-4-5-12-44(37)52(45)55-50/h1-33H. The summed E-state index contributed by atoms with van der Waals surface area (Å²) in [6.07, 6.45) is 0. The number of benzene rings is 9. The van der Waals surface area contributed by atoms with Gasteiger partial charge in [-0.2, -0.15) is 0 Å². The van der Waals surface area contributed by atoms with Gasteiger partial charge in [-0.15, -0.1) is 11.3 Å². The first kappa shape index (κ1) is 31.6. The zero-order valence-electron chi connectivity index (χ0n) is 29.8. The van der Waals surface area contributed by atoms with Crippen molar-refractivity contribution in [1.82, 2.24) is 0 Å². The van der Waals surface area contributed by atoms with E-state index in [2.05, 4.69) is 193 Å². The van der Waals surface area contributed by atoms with E-state index in [0.29, 0.717) is 0 Å². The summed E-state index contributed by atoms with van der Waals surface area (Å²) in [5, 5.41) is 7.53. The Kier molecular flexibility index (Phi) is 7.39. The lowest BCUT2D eigenvalue weighted by Gasteiger charge is -2.26. The van der Waals surface area contributed by atoms with E-state index in [1.54, 1.807) is 0 Å². The van der Waals surface area contributed by atoms with Gasteiger partial charge in [0.15, 0.2) is 0 Å². The monoisotopic (exact) mass is 719 g/mol. The molecular weight excluding hydrogens is 687 g/mol.